The molecule has 0 aromatic carbocycles. The summed E-state index contributed by atoms with van der Waals surface area (Å²) >= 11 is 0. The highest BCUT2D eigenvalue weighted by Gasteiger charge is 2.29. The van der Waals surface area contributed by atoms with Crippen LogP contribution in [0.1, 0.15) is 17.4 Å². The van der Waals surface area contributed by atoms with Gasteiger partial charge in [-0.15, -0.1) is 5.10 Å². The number of methoxy groups -OCH3 is 1. The van der Waals surface area contributed by atoms with Crippen LogP contribution in [0.15, 0.2) is 30.6 Å². The van der Waals surface area contributed by atoms with Crippen LogP contribution in [0.2, 0.25) is 0 Å². The molecule has 1 atom stereocenters. The van der Waals surface area contributed by atoms with E-state index >= 15 is 0 Å². The Hall–Kier alpha value is -3.27. The second kappa shape index (κ2) is 7.63. The summed E-state index contributed by atoms with van der Waals surface area (Å²) in [6, 6.07) is 5.48. The Morgan fingerprint density at radius 2 is 2.07 bits per heavy atom. The summed E-state index contributed by atoms with van der Waals surface area (Å²) in [5.41, 5.74) is 2.38. The van der Waals surface area contributed by atoms with Gasteiger partial charge in [-0.25, -0.2) is 9.67 Å². The van der Waals surface area contributed by atoms with Crippen LogP contribution in [0.5, 0.6) is 5.88 Å². The summed E-state index contributed by atoms with van der Waals surface area (Å²) in [6.45, 7) is 4.41. The van der Waals surface area contributed by atoms with Crippen LogP contribution in [0, 0.1) is 0 Å². The molecule has 0 bridgehead atoms. The molecule has 10 nitrogen and oxygen atoms in total. The first-order chi connectivity index (χ1) is 14.0. The molecule has 4 rings (SSSR count). The normalized spacial score (nSPS) is 17.5. The van der Waals surface area contributed by atoms with Crippen LogP contribution < -0.4 is 4.74 Å². The number of ether oxygens (including phenoxy) is 1. The maximum atomic E-state index is 13.2. The minimum absolute atomic E-state index is 0.0871. The van der Waals surface area contributed by atoms with Gasteiger partial charge < -0.3 is 14.5 Å². The number of carbonyl (C=O) groups excluding carboxylic acids is 1. The smallest absolute Gasteiger partial charge is 0.274 e. The second-order valence-corrected chi connectivity index (χ2v) is 7.27. The molecule has 1 aliphatic rings. The third kappa shape index (κ3) is 3.70. The third-order valence-corrected chi connectivity index (χ3v) is 5.06. The number of aromatic nitrogens is 6. The first-order valence-corrected chi connectivity index (χ1v) is 9.43. The topological polar surface area (TPSA) is 94.2 Å². The number of pyridine rings is 1. The minimum atomic E-state index is -0.0871. The number of piperazine rings is 1. The standard InChI is InChI=1S/C19H24N8O2/c1-13-11-24(2)7-8-26(13)19(28)15-9-17(16-12-25(3)23-21-16)27(22-15)14-5-6-18(29-4)20-10-14/h5-6,9-10,12-13H,7-8,11H2,1-4H3. The zero-order valence-corrected chi connectivity index (χ0v) is 17.0. The van der Waals surface area contributed by atoms with Crippen LogP contribution in [-0.4, -0.2) is 85.3 Å². The van der Waals surface area contributed by atoms with Gasteiger partial charge in [0.1, 0.15) is 5.69 Å². The van der Waals surface area contributed by atoms with Gasteiger partial charge in [0.05, 0.1) is 30.9 Å². The monoisotopic (exact) mass is 396 g/mol. The van der Waals surface area contributed by atoms with Crippen LogP contribution in [0.3, 0.4) is 0 Å². The Kier molecular flexibility index (Phi) is 5.01. The van der Waals surface area contributed by atoms with Crippen molar-refractivity contribution in [2.45, 2.75) is 13.0 Å². The molecule has 1 unspecified atom stereocenters. The SMILES string of the molecule is COc1ccc(-n2nc(C(=O)N3CCN(C)CC3C)cc2-c2cn(C)nn2)cn1. The zero-order chi connectivity index (χ0) is 20.5. The van der Waals surface area contributed by atoms with Gasteiger partial charge in [-0.2, -0.15) is 5.10 Å². The van der Waals surface area contributed by atoms with E-state index in [1.54, 1.807) is 48.0 Å². The molecule has 1 aliphatic heterocycles. The molecule has 0 radical (unpaired) electrons. The molecular weight excluding hydrogens is 372 g/mol. The van der Waals surface area contributed by atoms with Gasteiger partial charge in [0.2, 0.25) is 5.88 Å². The molecule has 0 aliphatic carbocycles. The summed E-state index contributed by atoms with van der Waals surface area (Å²) in [6.07, 6.45) is 3.44. The van der Waals surface area contributed by atoms with Gasteiger partial charge in [0.15, 0.2) is 5.69 Å². The average Bonchev–Trinajstić information content (AvgIpc) is 3.34. The molecule has 10 heteroatoms. The Labute approximate surface area is 168 Å². The van der Waals surface area contributed by atoms with Gasteiger partial charge in [0, 0.05) is 38.8 Å². The van der Waals surface area contributed by atoms with Crippen LogP contribution >= 0.6 is 0 Å². The van der Waals surface area contributed by atoms with Crippen LogP contribution in [0.4, 0.5) is 0 Å². The average molecular weight is 396 g/mol. The molecule has 1 saturated heterocycles. The largest absolute Gasteiger partial charge is 0.481 e. The lowest BCUT2D eigenvalue weighted by atomic mass is 10.1. The fraction of sp³-hybridized carbons (Fsp3) is 0.421. The van der Waals surface area contributed by atoms with E-state index in [-0.39, 0.29) is 11.9 Å². The van der Waals surface area contributed by atoms with Gasteiger partial charge in [-0.1, -0.05) is 5.21 Å². The molecule has 0 N–H and O–H groups in total. The highest BCUT2D eigenvalue weighted by Crippen LogP contribution is 2.24. The number of rotatable bonds is 4. The maximum Gasteiger partial charge on any atom is 0.274 e. The van der Waals surface area contributed by atoms with Crippen molar-refractivity contribution in [1.29, 1.82) is 0 Å². The number of carbonyl (C=O) groups is 1. The van der Waals surface area contributed by atoms with E-state index < -0.39 is 0 Å². The molecule has 4 heterocycles. The zero-order valence-electron chi connectivity index (χ0n) is 17.0. The van der Waals surface area contributed by atoms with Crippen molar-refractivity contribution in [2.24, 2.45) is 7.05 Å². The minimum Gasteiger partial charge on any atom is -0.481 e. The van der Waals surface area contributed by atoms with E-state index in [2.05, 4.69) is 39.3 Å². The molecule has 152 valence electrons. The van der Waals surface area contributed by atoms with Gasteiger partial charge >= 0.3 is 0 Å². The summed E-state index contributed by atoms with van der Waals surface area (Å²) < 4.78 is 8.42. The summed E-state index contributed by atoms with van der Waals surface area (Å²) in [7, 11) is 5.43. The van der Waals surface area contributed by atoms with E-state index in [9.17, 15) is 4.79 Å². The van der Waals surface area contributed by atoms with Crippen LogP contribution in [-0.2, 0) is 7.05 Å². The lowest BCUT2D eigenvalue weighted by molar-refractivity contribution is 0.0527. The van der Waals surface area contributed by atoms with Crippen molar-refractivity contribution in [3.05, 3.63) is 36.3 Å². The first kappa shape index (κ1) is 19.1. The molecular formula is C19H24N8O2. The van der Waals surface area contributed by atoms with E-state index in [1.807, 2.05) is 11.0 Å². The predicted octanol–water partition coefficient (Wildman–Crippen LogP) is 0.847. The van der Waals surface area contributed by atoms with Gasteiger partial charge in [-0.05, 0) is 26.1 Å². The molecule has 3 aromatic heterocycles. The fourth-order valence-electron chi connectivity index (χ4n) is 3.54. The second-order valence-electron chi connectivity index (χ2n) is 7.27. The van der Waals surface area contributed by atoms with Crippen molar-refractivity contribution in [3.8, 4) is 23.0 Å². The number of nitrogens with zero attached hydrogens (tertiary/aromatic N) is 8. The number of likely N-dealkylation sites (N-methyl/N-ethyl adjacent to an activating group) is 1. The highest BCUT2D eigenvalue weighted by atomic mass is 16.5. The van der Waals surface area contributed by atoms with Gasteiger partial charge in [0.25, 0.3) is 5.91 Å². The molecule has 0 spiro atoms. The predicted molar refractivity (Wildman–Crippen MR) is 106 cm³/mol. The maximum absolute atomic E-state index is 13.2. The number of amides is 1. The summed E-state index contributed by atoms with van der Waals surface area (Å²) in [4.78, 5) is 21.6. The molecule has 1 fully saturated rings. The molecule has 1 amide bonds. The molecule has 0 saturated carbocycles. The van der Waals surface area contributed by atoms with Gasteiger partial charge in [-0.3, -0.25) is 9.48 Å². The first-order valence-electron chi connectivity index (χ1n) is 9.43. The lowest BCUT2D eigenvalue weighted by Crippen LogP contribution is -2.52. The number of hydrogen-bond donors (Lipinski definition) is 0. The van der Waals surface area contributed by atoms with Crippen molar-refractivity contribution in [3.63, 3.8) is 0 Å². The van der Waals surface area contributed by atoms with Crippen molar-refractivity contribution < 1.29 is 9.53 Å². The van der Waals surface area contributed by atoms with E-state index in [1.165, 1.54) is 0 Å². The Bertz CT molecular complexity index is 1010. The summed E-state index contributed by atoms with van der Waals surface area (Å²) in [5, 5.41) is 12.8. The number of aryl methyl sites for hydroxylation is 1. The summed E-state index contributed by atoms with van der Waals surface area (Å²) in [5.74, 6) is 0.417. The molecule has 29 heavy (non-hydrogen) atoms. The Morgan fingerprint density at radius 3 is 2.69 bits per heavy atom. The van der Waals surface area contributed by atoms with E-state index in [0.717, 1.165) is 13.1 Å². The Morgan fingerprint density at radius 1 is 1.24 bits per heavy atom. The van der Waals surface area contributed by atoms with Crippen molar-refractivity contribution >= 4 is 5.91 Å². The Balaban J connectivity index is 1.74. The van der Waals surface area contributed by atoms with Crippen LogP contribution in [0.25, 0.3) is 17.1 Å². The third-order valence-electron chi connectivity index (χ3n) is 5.06. The number of hydrogen-bond acceptors (Lipinski definition) is 7. The fourth-order valence-corrected chi connectivity index (χ4v) is 3.54. The highest BCUT2D eigenvalue weighted by molar-refractivity contribution is 5.93. The van der Waals surface area contributed by atoms with E-state index in [4.69, 9.17) is 4.74 Å². The van der Waals surface area contributed by atoms with Crippen molar-refractivity contribution in [2.75, 3.05) is 33.8 Å². The van der Waals surface area contributed by atoms with E-state index in [0.29, 0.717) is 35.2 Å². The molecule has 3 aromatic rings. The quantitative estimate of drug-likeness (QED) is 0.645. The lowest BCUT2D eigenvalue weighted by Gasteiger charge is -2.37. The van der Waals surface area contributed by atoms with Crippen molar-refractivity contribution in [1.82, 2.24) is 39.6 Å².